The number of rotatable bonds is 8. The number of sulfonamides is 1. The Labute approximate surface area is 166 Å². The molecule has 2 rings (SSSR count). The van der Waals surface area contributed by atoms with Crippen LogP contribution in [0.4, 0.5) is 5.69 Å². The van der Waals surface area contributed by atoms with Crippen molar-refractivity contribution in [3.05, 3.63) is 59.2 Å². The molecule has 0 aromatic heterocycles. The topological polar surface area (TPSA) is 75.3 Å². The van der Waals surface area contributed by atoms with Crippen LogP contribution in [0.2, 0.25) is 0 Å². The van der Waals surface area contributed by atoms with Gasteiger partial charge in [0.15, 0.2) is 0 Å². The fourth-order valence-electron chi connectivity index (χ4n) is 2.55. The Kier molecular flexibility index (Phi) is 7.33. The number of carbonyl (C=O) groups is 1. The van der Waals surface area contributed by atoms with Gasteiger partial charge in [0.05, 0.1) is 12.3 Å². The number of hydrogen-bond acceptors (Lipinski definition) is 4. The Morgan fingerprint density at radius 2 is 1.85 bits per heavy atom. The number of thioether (sulfide) groups is 1. The zero-order valence-electron chi connectivity index (χ0n) is 16.1. The van der Waals surface area contributed by atoms with Gasteiger partial charge in [0.2, 0.25) is 15.9 Å². The van der Waals surface area contributed by atoms with Crippen LogP contribution in [-0.2, 0) is 14.8 Å². The highest BCUT2D eigenvalue weighted by Gasteiger charge is 2.11. The van der Waals surface area contributed by atoms with Gasteiger partial charge in [-0.25, -0.2) is 8.42 Å². The zero-order valence-corrected chi connectivity index (χ0v) is 17.7. The van der Waals surface area contributed by atoms with Gasteiger partial charge < -0.3 is 5.32 Å². The largest absolute Gasteiger partial charge is 0.350 e. The van der Waals surface area contributed by atoms with Gasteiger partial charge in [-0.3, -0.25) is 9.52 Å². The number of nitrogens with one attached hydrogen (secondary N) is 2. The second kappa shape index (κ2) is 9.28. The SMILES string of the molecule is Cc1ccc(SCCC(=O)NC(C)c2cccc(NS(C)(=O)=O)c2)cc1C. The highest BCUT2D eigenvalue weighted by Crippen LogP contribution is 2.22. The van der Waals surface area contributed by atoms with Crippen LogP contribution in [0.15, 0.2) is 47.4 Å². The first kappa shape index (κ1) is 21.3. The summed E-state index contributed by atoms with van der Waals surface area (Å²) in [7, 11) is -3.33. The fourth-order valence-corrected chi connectivity index (χ4v) is 4.05. The monoisotopic (exact) mass is 406 g/mol. The minimum atomic E-state index is -3.33. The second-order valence-corrected chi connectivity index (χ2v) is 9.55. The van der Waals surface area contributed by atoms with Crippen LogP contribution in [0.5, 0.6) is 0 Å². The van der Waals surface area contributed by atoms with Gasteiger partial charge in [-0.1, -0.05) is 18.2 Å². The maximum absolute atomic E-state index is 12.2. The molecule has 1 amide bonds. The Bertz CT molecular complexity index is 911. The Morgan fingerprint density at radius 3 is 2.52 bits per heavy atom. The van der Waals surface area contributed by atoms with Crippen molar-refractivity contribution in [1.29, 1.82) is 0 Å². The molecule has 0 saturated heterocycles. The highest BCUT2D eigenvalue weighted by molar-refractivity contribution is 7.99. The van der Waals surface area contributed by atoms with E-state index in [0.29, 0.717) is 17.9 Å². The van der Waals surface area contributed by atoms with Gasteiger partial charge >= 0.3 is 0 Å². The minimum Gasteiger partial charge on any atom is -0.350 e. The number of carbonyl (C=O) groups excluding carboxylic acids is 1. The van der Waals surface area contributed by atoms with Crippen molar-refractivity contribution in [3.8, 4) is 0 Å². The summed E-state index contributed by atoms with van der Waals surface area (Å²) in [4.78, 5) is 13.4. The molecule has 0 radical (unpaired) electrons. The number of aryl methyl sites for hydroxylation is 2. The second-order valence-electron chi connectivity index (χ2n) is 6.63. The van der Waals surface area contributed by atoms with Gasteiger partial charge in [-0.15, -0.1) is 11.8 Å². The number of benzene rings is 2. The third-order valence-corrected chi connectivity index (χ3v) is 5.75. The molecule has 0 heterocycles. The van der Waals surface area contributed by atoms with Crippen molar-refractivity contribution in [3.63, 3.8) is 0 Å². The average Bonchev–Trinajstić information content (AvgIpc) is 2.56. The first-order chi connectivity index (χ1) is 12.6. The summed E-state index contributed by atoms with van der Waals surface area (Å²) in [5.74, 6) is 0.678. The summed E-state index contributed by atoms with van der Waals surface area (Å²) in [6.07, 6.45) is 1.53. The van der Waals surface area contributed by atoms with Crippen LogP contribution < -0.4 is 10.0 Å². The molecule has 0 bridgehead atoms. The third-order valence-electron chi connectivity index (χ3n) is 4.14. The maximum atomic E-state index is 12.2. The number of anilines is 1. The molecular formula is C20H26N2O3S2. The van der Waals surface area contributed by atoms with E-state index in [1.165, 1.54) is 16.0 Å². The van der Waals surface area contributed by atoms with E-state index < -0.39 is 10.0 Å². The molecule has 0 aliphatic carbocycles. The molecule has 27 heavy (non-hydrogen) atoms. The van der Waals surface area contributed by atoms with Crippen LogP contribution in [-0.4, -0.2) is 26.3 Å². The van der Waals surface area contributed by atoms with E-state index in [-0.39, 0.29) is 11.9 Å². The van der Waals surface area contributed by atoms with Gasteiger partial charge in [0, 0.05) is 22.8 Å². The molecule has 7 heteroatoms. The predicted octanol–water partition coefficient (Wildman–Crippen LogP) is 4.03. The summed E-state index contributed by atoms with van der Waals surface area (Å²) in [5.41, 5.74) is 3.85. The van der Waals surface area contributed by atoms with Crippen LogP contribution >= 0.6 is 11.8 Å². The van der Waals surface area contributed by atoms with Crippen LogP contribution in [0.3, 0.4) is 0 Å². The van der Waals surface area contributed by atoms with Crippen LogP contribution in [0, 0.1) is 13.8 Å². The Balaban J connectivity index is 1.86. The Hall–Kier alpha value is -1.99. The molecule has 0 aliphatic heterocycles. The van der Waals surface area contributed by atoms with E-state index in [4.69, 9.17) is 0 Å². The molecule has 5 nitrogen and oxygen atoms in total. The molecule has 0 fully saturated rings. The normalized spacial score (nSPS) is 12.4. The van der Waals surface area contributed by atoms with Crippen molar-refractivity contribution in [2.75, 3.05) is 16.7 Å². The smallest absolute Gasteiger partial charge is 0.229 e. The molecule has 1 atom stereocenters. The molecule has 0 spiro atoms. The van der Waals surface area contributed by atoms with Crippen molar-refractivity contribution in [1.82, 2.24) is 5.32 Å². The first-order valence-corrected chi connectivity index (χ1v) is 11.6. The van der Waals surface area contributed by atoms with E-state index >= 15 is 0 Å². The Morgan fingerprint density at radius 1 is 1.11 bits per heavy atom. The summed E-state index contributed by atoms with van der Waals surface area (Å²) >= 11 is 1.67. The van der Waals surface area contributed by atoms with Gasteiger partial charge in [-0.2, -0.15) is 0 Å². The zero-order chi connectivity index (χ0) is 20.0. The van der Waals surface area contributed by atoms with E-state index in [1.807, 2.05) is 13.0 Å². The lowest BCUT2D eigenvalue weighted by atomic mass is 10.1. The van der Waals surface area contributed by atoms with Crippen molar-refractivity contribution >= 4 is 33.4 Å². The number of hydrogen-bond donors (Lipinski definition) is 2. The van der Waals surface area contributed by atoms with Crippen LogP contribution in [0.1, 0.15) is 36.1 Å². The molecule has 0 aliphatic rings. The molecular weight excluding hydrogens is 380 g/mol. The van der Waals surface area contributed by atoms with E-state index in [1.54, 1.807) is 30.0 Å². The summed E-state index contributed by atoms with van der Waals surface area (Å²) in [5, 5.41) is 2.96. The molecule has 146 valence electrons. The minimum absolute atomic E-state index is 0.0275. The standard InChI is InChI=1S/C20H26N2O3S2/c1-14-8-9-19(12-15(14)2)26-11-10-20(23)21-16(3)17-6-5-7-18(13-17)22-27(4,24)25/h5-9,12-13,16,22H,10-11H2,1-4H3,(H,21,23). The lowest BCUT2D eigenvalue weighted by molar-refractivity contribution is -0.121. The summed E-state index contributed by atoms with van der Waals surface area (Å²) < 4.78 is 25.1. The van der Waals surface area contributed by atoms with Crippen LogP contribution in [0.25, 0.3) is 0 Å². The van der Waals surface area contributed by atoms with E-state index in [2.05, 4.69) is 42.1 Å². The van der Waals surface area contributed by atoms with E-state index in [9.17, 15) is 13.2 Å². The van der Waals surface area contributed by atoms with Crippen molar-refractivity contribution < 1.29 is 13.2 Å². The van der Waals surface area contributed by atoms with E-state index in [0.717, 1.165) is 11.8 Å². The maximum Gasteiger partial charge on any atom is 0.229 e. The van der Waals surface area contributed by atoms with Crippen molar-refractivity contribution in [2.45, 2.75) is 38.1 Å². The third kappa shape index (κ3) is 7.27. The predicted molar refractivity (Wildman–Crippen MR) is 113 cm³/mol. The highest BCUT2D eigenvalue weighted by atomic mass is 32.2. The quantitative estimate of drug-likeness (QED) is 0.649. The average molecular weight is 407 g/mol. The number of amides is 1. The summed E-state index contributed by atoms with van der Waals surface area (Å²) in [6.45, 7) is 6.05. The lowest BCUT2D eigenvalue weighted by Crippen LogP contribution is -2.26. The molecule has 2 aromatic rings. The van der Waals surface area contributed by atoms with Gasteiger partial charge in [0.1, 0.15) is 0 Å². The van der Waals surface area contributed by atoms with Crippen molar-refractivity contribution in [2.24, 2.45) is 0 Å². The fraction of sp³-hybridized carbons (Fsp3) is 0.350. The molecule has 2 N–H and O–H groups in total. The van der Waals surface area contributed by atoms with Gasteiger partial charge in [-0.05, 0) is 61.7 Å². The lowest BCUT2D eigenvalue weighted by Gasteiger charge is -2.15. The van der Waals surface area contributed by atoms with Gasteiger partial charge in [0.25, 0.3) is 0 Å². The molecule has 2 aromatic carbocycles. The molecule has 0 saturated carbocycles. The molecule has 1 unspecified atom stereocenters. The first-order valence-electron chi connectivity index (χ1n) is 8.71. The summed E-state index contributed by atoms with van der Waals surface area (Å²) in [6, 6.07) is 13.1.